The molecule has 46 heavy (non-hydrogen) atoms. The standard InChI is InChI=1S/C24H12O8.2C6H7N/c25-21(26)13-8-7-11-10-5-1-3-9-4-2-6-12(14(9)10)16-15(11)17(13)19(23(29)30)20(24(31)32)18(16)22(27)28;2*7-6-4-2-1-3-5-6/h1-8H,(H,25,26)(H,27,28)(H,29,30)(H,31,32);2*1-5H,7H2. The average molecular weight is 615 g/mol. The van der Waals surface area contributed by atoms with Crippen molar-refractivity contribution < 1.29 is 39.6 Å². The molecular weight excluding hydrogens is 588 g/mol. The summed E-state index contributed by atoms with van der Waals surface area (Å²) < 4.78 is 0. The second-order valence-corrected chi connectivity index (χ2v) is 10.2. The fourth-order valence-electron chi connectivity index (χ4n) is 5.62. The van der Waals surface area contributed by atoms with E-state index in [2.05, 4.69) is 0 Å². The van der Waals surface area contributed by atoms with Gasteiger partial charge in [-0.2, -0.15) is 0 Å². The van der Waals surface area contributed by atoms with Crippen LogP contribution in [0, 0.1) is 0 Å². The summed E-state index contributed by atoms with van der Waals surface area (Å²) in [6, 6.07) is 32.2. The number of fused-ring (bicyclic) bond motifs is 2. The number of carboxylic acids is 4. The van der Waals surface area contributed by atoms with E-state index in [4.69, 9.17) is 11.5 Å². The number of hydrogen-bond donors (Lipinski definition) is 6. The first-order valence-electron chi connectivity index (χ1n) is 13.8. The van der Waals surface area contributed by atoms with Gasteiger partial charge in [-0.3, -0.25) is 0 Å². The van der Waals surface area contributed by atoms with Gasteiger partial charge in [0, 0.05) is 27.5 Å². The molecule has 8 N–H and O–H groups in total. The molecule has 0 heterocycles. The van der Waals surface area contributed by atoms with Crippen LogP contribution in [-0.2, 0) is 0 Å². The fraction of sp³-hybridized carbons (Fsp3) is 0. The SMILES string of the molecule is Nc1ccccc1.Nc1ccccc1.O=C(O)c1c(C(=O)O)c2c(C(=O)O)ccc3c4cccc5cccc(c(c1C(=O)O)c23)c54. The van der Waals surface area contributed by atoms with Gasteiger partial charge in [-0.05, 0) is 57.3 Å². The summed E-state index contributed by atoms with van der Waals surface area (Å²) in [5.41, 5.74) is 9.43. The van der Waals surface area contributed by atoms with Crippen molar-refractivity contribution in [2.75, 3.05) is 11.5 Å². The van der Waals surface area contributed by atoms with Crippen LogP contribution in [0.4, 0.5) is 11.4 Å². The van der Waals surface area contributed by atoms with E-state index < -0.39 is 46.1 Å². The number of carboxylic acid groups (broad SMARTS) is 4. The number of nitrogen functional groups attached to an aromatic ring is 2. The number of nitrogens with two attached hydrogens (primary N) is 2. The van der Waals surface area contributed by atoms with Gasteiger partial charge in [0.05, 0.1) is 22.3 Å². The maximum atomic E-state index is 12.3. The Bertz CT molecular complexity index is 2240. The van der Waals surface area contributed by atoms with Gasteiger partial charge < -0.3 is 31.9 Å². The van der Waals surface area contributed by atoms with Gasteiger partial charge in [0.1, 0.15) is 0 Å². The van der Waals surface area contributed by atoms with Crippen LogP contribution in [0.2, 0.25) is 0 Å². The number of anilines is 2. The second kappa shape index (κ2) is 12.5. The van der Waals surface area contributed by atoms with Crippen molar-refractivity contribution in [2.24, 2.45) is 0 Å². The summed E-state index contributed by atoms with van der Waals surface area (Å²) in [5.74, 6) is -6.58. The Hall–Kier alpha value is -6.68. The van der Waals surface area contributed by atoms with E-state index in [0.29, 0.717) is 21.5 Å². The zero-order valence-electron chi connectivity index (χ0n) is 24.0. The molecule has 228 valence electrons. The highest BCUT2D eigenvalue weighted by Gasteiger charge is 2.33. The lowest BCUT2D eigenvalue weighted by Crippen LogP contribution is -2.18. The van der Waals surface area contributed by atoms with Crippen molar-refractivity contribution in [3.05, 3.63) is 131 Å². The van der Waals surface area contributed by atoms with Crippen LogP contribution < -0.4 is 11.5 Å². The number of hydrogen-bond acceptors (Lipinski definition) is 6. The van der Waals surface area contributed by atoms with E-state index in [-0.39, 0.29) is 16.2 Å². The molecule has 0 aromatic heterocycles. The van der Waals surface area contributed by atoms with Gasteiger partial charge in [0.2, 0.25) is 0 Å². The highest BCUT2D eigenvalue weighted by atomic mass is 16.4. The first kappa shape index (κ1) is 30.8. The topological polar surface area (TPSA) is 201 Å². The molecular formula is C36H26N2O8. The van der Waals surface area contributed by atoms with Crippen molar-refractivity contribution in [3.63, 3.8) is 0 Å². The van der Waals surface area contributed by atoms with Crippen molar-refractivity contribution in [1.29, 1.82) is 0 Å². The van der Waals surface area contributed by atoms with Gasteiger partial charge in [-0.1, -0.05) is 78.9 Å². The van der Waals surface area contributed by atoms with Crippen LogP contribution in [0.1, 0.15) is 41.4 Å². The molecule has 10 heteroatoms. The number of benzene rings is 7. The fourth-order valence-corrected chi connectivity index (χ4v) is 5.62. The quantitative estimate of drug-likeness (QED) is 0.0676. The minimum atomic E-state index is -1.77. The Morgan fingerprint density at radius 1 is 0.391 bits per heavy atom. The molecule has 7 rings (SSSR count). The van der Waals surface area contributed by atoms with Crippen LogP contribution in [0.5, 0.6) is 0 Å². The summed E-state index contributed by atoms with van der Waals surface area (Å²) in [7, 11) is 0. The van der Waals surface area contributed by atoms with Crippen LogP contribution in [0.25, 0.3) is 43.1 Å². The van der Waals surface area contributed by atoms with E-state index in [9.17, 15) is 39.6 Å². The third-order valence-corrected chi connectivity index (χ3v) is 7.39. The van der Waals surface area contributed by atoms with Crippen molar-refractivity contribution in [3.8, 4) is 0 Å². The van der Waals surface area contributed by atoms with Crippen molar-refractivity contribution in [2.45, 2.75) is 0 Å². The molecule has 0 saturated heterocycles. The van der Waals surface area contributed by atoms with E-state index in [1.54, 1.807) is 24.3 Å². The Morgan fingerprint density at radius 3 is 1.28 bits per heavy atom. The van der Waals surface area contributed by atoms with E-state index >= 15 is 0 Å². The monoisotopic (exact) mass is 614 g/mol. The highest BCUT2D eigenvalue weighted by molar-refractivity contribution is 6.40. The Morgan fingerprint density at radius 2 is 0.848 bits per heavy atom. The third-order valence-electron chi connectivity index (χ3n) is 7.39. The smallest absolute Gasteiger partial charge is 0.337 e. The molecule has 0 atom stereocenters. The zero-order valence-corrected chi connectivity index (χ0v) is 24.0. The minimum absolute atomic E-state index is 0.00250. The largest absolute Gasteiger partial charge is 0.478 e. The molecule has 0 saturated carbocycles. The van der Waals surface area contributed by atoms with E-state index in [1.165, 1.54) is 12.1 Å². The number of rotatable bonds is 4. The molecule has 7 aromatic carbocycles. The number of aromatic carboxylic acids is 4. The molecule has 10 nitrogen and oxygen atoms in total. The maximum Gasteiger partial charge on any atom is 0.337 e. The molecule has 0 aliphatic rings. The van der Waals surface area contributed by atoms with Crippen LogP contribution >= 0.6 is 0 Å². The molecule has 0 bridgehead atoms. The van der Waals surface area contributed by atoms with E-state index in [0.717, 1.165) is 16.8 Å². The lowest BCUT2D eigenvalue weighted by atomic mass is 9.81. The average Bonchev–Trinajstić information content (AvgIpc) is 3.03. The first-order valence-corrected chi connectivity index (χ1v) is 13.8. The summed E-state index contributed by atoms with van der Waals surface area (Å²) in [6.45, 7) is 0. The molecule has 0 aliphatic heterocycles. The lowest BCUT2D eigenvalue weighted by molar-refractivity contribution is 0.0635. The van der Waals surface area contributed by atoms with Gasteiger partial charge in [0.15, 0.2) is 0 Å². The van der Waals surface area contributed by atoms with Crippen molar-refractivity contribution in [1.82, 2.24) is 0 Å². The van der Waals surface area contributed by atoms with Crippen LogP contribution in [0.15, 0.2) is 109 Å². The normalized spacial score (nSPS) is 10.6. The molecule has 0 amide bonds. The zero-order chi connectivity index (χ0) is 33.1. The van der Waals surface area contributed by atoms with Gasteiger partial charge in [0.25, 0.3) is 0 Å². The predicted octanol–water partition coefficient (Wildman–Crippen LogP) is 7.07. The van der Waals surface area contributed by atoms with Crippen molar-refractivity contribution >= 4 is 78.3 Å². The molecule has 0 fully saturated rings. The molecule has 0 spiro atoms. The maximum absolute atomic E-state index is 12.3. The summed E-state index contributed by atoms with van der Waals surface area (Å²) in [6.07, 6.45) is 0. The Kier molecular flexibility index (Phi) is 8.37. The third kappa shape index (κ3) is 5.53. The molecule has 0 radical (unpaired) electrons. The van der Waals surface area contributed by atoms with Gasteiger partial charge in [-0.25, -0.2) is 19.2 Å². The number of para-hydroxylation sites is 2. The minimum Gasteiger partial charge on any atom is -0.478 e. The van der Waals surface area contributed by atoms with Crippen LogP contribution in [-0.4, -0.2) is 44.3 Å². The lowest BCUT2D eigenvalue weighted by Gasteiger charge is -2.20. The van der Waals surface area contributed by atoms with E-state index in [1.807, 2.05) is 72.8 Å². The van der Waals surface area contributed by atoms with Gasteiger partial charge in [-0.15, -0.1) is 0 Å². The Balaban J connectivity index is 0.000000244. The summed E-state index contributed by atoms with van der Waals surface area (Å²) in [4.78, 5) is 48.7. The van der Waals surface area contributed by atoms with Gasteiger partial charge >= 0.3 is 23.9 Å². The summed E-state index contributed by atoms with van der Waals surface area (Å²) >= 11 is 0. The van der Waals surface area contributed by atoms with Crippen LogP contribution in [0.3, 0.4) is 0 Å². The predicted molar refractivity (Wildman–Crippen MR) is 177 cm³/mol. The molecule has 7 aromatic rings. The molecule has 0 aliphatic carbocycles. The highest BCUT2D eigenvalue weighted by Crippen LogP contribution is 2.45. The first-order chi connectivity index (χ1) is 22.0. The number of carbonyl (C=O) groups is 4. The second-order valence-electron chi connectivity index (χ2n) is 10.2. The summed E-state index contributed by atoms with van der Waals surface area (Å²) in [5, 5.41) is 42.3. The Labute approximate surface area is 260 Å². The molecule has 0 unspecified atom stereocenters.